The van der Waals surface area contributed by atoms with Crippen LogP contribution in [0.15, 0.2) is 0 Å². The fourth-order valence-electron chi connectivity index (χ4n) is 0.732. The van der Waals surface area contributed by atoms with E-state index in [1.54, 1.807) is 6.92 Å². The third-order valence-electron chi connectivity index (χ3n) is 1.80. The smallest absolute Gasteiger partial charge is 0.239 e. The minimum Gasteiger partial charge on any atom is -0.352 e. The van der Waals surface area contributed by atoms with Gasteiger partial charge in [-0.05, 0) is 27.2 Å². The highest BCUT2D eigenvalue weighted by Crippen LogP contribution is 1.90. The molecule has 0 aromatic rings. The lowest BCUT2D eigenvalue weighted by Gasteiger charge is -2.16. The lowest BCUT2D eigenvalue weighted by Crippen LogP contribution is -2.45. The van der Waals surface area contributed by atoms with Crippen LogP contribution in [0.3, 0.4) is 0 Å². The van der Waals surface area contributed by atoms with Crippen molar-refractivity contribution < 1.29 is 9.63 Å². The van der Waals surface area contributed by atoms with E-state index in [4.69, 9.17) is 4.84 Å². The van der Waals surface area contributed by atoms with Crippen molar-refractivity contribution in [2.45, 2.75) is 46.2 Å². The van der Waals surface area contributed by atoms with Crippen LogP contribution in [0.1, 0.15) is 34.1 Å². The van der Waals surface area contributed by atoms with E-state index in [2.05, 4.69) is 10.8 Å². The molecule has 0 saturated carbocycles. The molecule has 0 heterocycles. The average Bonchev–Trinajstić information content (AvgIpc) is 2.13. The van der Waals surface area contributed by atoms with E-state index < -0.39 is 0 Å². The van der Waals surface area contributed by atoms with Gasteiger partial charge in [0.2, 0.25) is 5.91 Å². The first-order chi connectivity index (χ1) is 6.11. The van der Waals surface area contributed by atoms with Gasteiger partial charge in [0.15, 0.2) is 0 Å². The number of hydrogen-bond acceptors (Lipinski definition) is 3. The first-order valence-electron chi connectivity index (χ1n) is 4.79. The van der Waals surface area contributed by atoms with Gasteiger partial charge in [-0.15, -0.1) is 0 Å². The number of amides is 1. The lowest BCUT2D eigenvalue weighted by atomic mass is 10.2. The molecule has 0 aromatic heterocycles. The maximum absolute atomic E-state index is 11.4. The van der Waals surface area contributed by atoms with Crippen molar-refractivity contribution >= 4 is 5.91 Å². The Hall–Kier alpha value is -0.610. The van der Waals surface area contributed by atoms with E-state index in [1.807, 2.05) is 20.8 Å². The summed E-state index contributed by atoms with van der Waals surface area (Å²) in [5.41, 5.74) is 2.65. The lowest BCUT2D eigenvalue weighted by molar-refractivity contribution is -0.127. The molecule has 13 heavy (non-hydrogen) atoms. The molecule has 0 aliphatic rings. The average molecular weight is 188 g/mol. The normalized spacial score (nSPS) is 15.1. The van der Waals surface area contributed by atoms with Crippen molar-refractivity contribution in [1.29, 1.82) is 0 Å². The van der Waals surface area contributed by atoms with E-state index in [-0.39, 0.29) is 18.0 Å². The molecule has 0 radical (unpaired) electrons. The summed E-state index contributed by atoms with van der Waals surface area (Å²) < 4.78 is 0. The Balaban J connectivity index is 3.68. The Morgan fingerprint density at radius 2 is 2.00 bits per heavy atom. The van der Waals surface area contributed by atoms with Gasteiger partial charge in [-0.1, -0.05) is 6.92 Å². The highest BCUT2D eigenvalue weighted by Gasteiger charge is 2.13. The van der Waals surface area contributed by atoms with Crippen molar-refractivity contribution in [2.75, 3.05) is 6.61 Å². The van der Waals surface area contributed by atoms with Gasteiger partial charge < -0.3 is 10.2 Å². The zero-order valence-electron chi connectivity index (χ0n) is 8.89. The molecule has 0 aromatic carbocycles. The van der Waals surface area contributed by atoms with Crippen LogP contribution in [0, 0.1) is 0 Å². The van der Waals surface area contributed by atoms with Gasteiger partial charge in [-0.3, -0.25) is 4.79 Å². The first kappa shape index (κ1) is 12.4. The van der Waals surface area contributed by atoms with E-state index in [9.17, 15) is 4.79 Å². The summed E-state index contributed by atoms with van der Waals surface area (Å²) in [6.45, 7) is 8.21. The van der Waals surface area contributed by atoms with Crippen LogP contribution in [-0.4, -0.2) is 24.6 Å². The molecule has 0 rings (SSSR count). The molecule has 0 bridgehead atoms. The summed E-state index contributed by atoms with van der Waals surface area (Å²) in [6.07, 6.45) is 0.938. The highest BCUT2D eigenvalue weighted by molar-refractivity contribution is 5.81. The maximum Gasteiger partial charge on any atom is 0.239 e. The molecule has 4 heteroatoms. The topological polar surface area (TPSA) is 50.4 Å². The van der Waals surface area contributed by atoms with Crippen LogP contribution in [-0.2, 0) is 9.63 Å². The molecular weight excluding hydrogens is 168 g/mol. The quantitative estimate of drug-likeness (QED) is 0.607. The summed E-state index contributed by atoms with van der Waals surface area (Å²) in [7, 11) is 0. The number of hydrogen-bond donors (Lipinski definition) is 2. The second-order valence-electron chi connectivity index (χ2n) is 3.09. The number of carbonyl (C=O) groups is 1. The number of carbonyl (C=O) groups excluding carboxylic acids is 1. The largest absolute Gasteiger partial charge is 0.352 e. The summed E-state index contributed by atoms with van der Waals surface area (Å²) >= 11 is 0. The molecule has 0 saturated heterocycles. The summed E-state index contributed by atoms with van der Waals surface area (Å²) in [5, 5.41) is 2.86. The predicted molar refractivity (Wildman–Crippen MR) is 52.1 cm³/mol. The van der Waals surface area contributed by atoms with Crippen molar-refractivity contribution in [3.05, 3.63) is 0 Å². The van der Waals surface area contributed by atoms with Crippen LogP contribution in [0.5, 0.6) is 0 Å². The molecule has 78 valence electrons. The Labute approximate surface area is 80.0 Å². The van der Waals surface area contributed by atoms with E-state index in [0.29, 0.717) is 6.61 Å². The number of hydroxylamine groups is 1. The van der Waals surface area contributed by atoms with Gasteiger partial charge in [0.1, 0.15) is 6.04 Å². The van der Waals surface area contributed by atoms with E-state index >= 15 is 0 Å². The molecule has 0 aliphatic carbocycles. The van der Waals surface area contributed by atoms with Crippen LogP contribution in [0.25, 0.3) is 0 Å². The molecule has 2 atom stereocenters. The SMILES string of the molecule is CCONC(C)C(=O)NC(C)CC. The van der Waals surface area contributed by atoms with Crippen molar-refractivity contribution in [2.24, 2.45) is 0 Å². The molecule has 2 N–H and O–H groups in total. The Kier molecular flexibility index (Phi) is 6.54. The third kappa shape index (κ3) is 5.60. The van der Waals surface area contributed by atoms with Crippen LogP contribution >= 0.6 is 0 Å². The zero-order chi connectivity index (χ0) is 10.3. The fourth-order valence-corrected chi connectivity index (χ4v) is 0.732. The minimum atomic E-state index is -0.297. The van der Waals surface area contributed by atoms with Gasteiger partial charge >= 0.3 is 0 Å². The summed E-state index contributed by atoms with van der Waals surface area (Å²) in [5.74, 6) is -0.0252. The molecule has 1 amide bonds. The van der Waals surface area contributed by atoms with Crippen molar-refractivity contribution in [3.63, 3.8) is 0 Å². The van der Waals surface area contributed by atoms with Gasteiger partial charge in [0, 0.05) is 6.04 Å². The monoisotopic (exact) mass is 188 g/mol. The molecular formula is C9H20N2O2. The number of rotatable bonds is 6. The highest BCUT2D eigenvalue weighted by atomic mass is 16.6. The Bertz CT molecular complexity index is 151. The first-order valence-corrected chi connectivity index (χ1v) is 4.79. The maximum atomic E-state index is 11.4. The summed E-state index contributed by atoms with van der Waals surface area (Å²) in [6, 6.07) is -0.0765. The standard InChI is InChI=1S/C9H20N2O2/c1-5-7(3)10-9(12)8(4)11-13-6-2/h7-8,11H,5-6H2,1-4H3,(H,10,12). The van der Waals surface area contributed by atoms with Crippen LogP contribution < -0.4 is 10.8 Å². The second-order valence-corrected chi connectivity index (χ2v) is 3.09. The van der Waals surface area contributed by atoms with Gasteiger partial charge in [0.25, 0.3) is 0 Å². The zero-order valence-corrected chi connectivity index (χ0v) is 8.89. The predicted octanol–water partition coefficient (Wildman–Crippen LogP) is 0.831. The molecule has 0 aliphatic heterocycles. The Morgan fingerprint density at radius 1 is 1.38 bits per heavy atom. The molecule has 2 unspecified atom stereocenters. The molecule has 0 fully saturated rings. The molecule has 0 spiro atoms. The Morgan fingerprint density at radius 3 is 2.46 bits per heavy atom. The fraction of sp³-hybridized carbons (Fsp3) is 0.889. The third-order valence-corrected chi connectivity index (χ3v) is 1.80. The van der Waals surface area contributed by atoms with E-state index in [1.165, 1.54) is 0 Å². The van der Waals surface area contributed by atoms with Gasteiger partial charge in [0.05, 0.1) is 6.61 Å². The van der Waals surface area contributed by atoms with Crippen molar-refractivity contribution in [1.82, 2.24) is 10.8 Å². The molecule has 4 nitrogen and oxygen atoms in total. The van der Waals surface area contributed by atoms with Crippen LogP contribution in [0.4, 0.5) is 0 Å². The summed E-state index contributed by atoms with van der Waals surface area (Å²) in [4.78, 5) is 16.3. The van der Waals surface area contributed by atoms with Gasteiger partial charge in [-0.25, -0.2) is 0 Å². The van der Waals surface area contributed by atoms with Gasteiger partial charge in [-0.2, -0.15) is 5.48 Å². The van der Waals surface area contributed by atoms with Crippen molar-refractivity contribution in [3.8, 4) is 0 Å². The second kappa shape index (κ2) is 6.86. The number of nitrogens with one attached hydrogen (secondary N) is 2. The minimum absolute atomic E-state index is 0.0252. The van der Waals surface area contributed by atoms with Crippen LogP contribution in [0.2, 0.25) is 0 Å². The van der Waals surface area contributed by atoms with E-state index in [0.717, 1.165) is 6.42 Å².